The second-order valence-corrected chi connectivity index (χ2v) is 8.93. The fourth-order valence-electron chi connectivity index (χ4n) is 4.36. The largest absolute Gasteiger partial charge is 0.351 e. The highest BCUT2D eigenvalue weighted by molar-refractivity contribution is 5.95. The summed E-state index contributed by atoms with van der Waals surface area (Å²) in [5.41, 5.74) is 4.65. The van der Waals surface area contributed by atoms with Gasteiger partial charge in [0.2, 0.25) is 5.91 Å². The molecule has 0 aliphatic carbocycles. The van der Waals surface area contributed by atoms with Crippen LogP contribution in [0.25, 0.3) is 11.3 Å². The van der Waals surface area contributed by atoms with E-state index < -0.39 is 0 Å². The number of carbonyl (C=O) groups is 2. The maximum Gasteiger partial charge on any atom is 0.251 e. The molecule has 0 unspecified atom stereocenters. The number of nitrogens with one attached hydrogen (secondary N) is 1. The number of hydrogen-bond acceptors (Lipinski definition) is 3. The number of aromatic nitrogens is 2. The average Bonchev–Trinajstić information content (AvgIpc) is 3.35. The van der Waals surface area contributed by atoms with Crippen LogP contribution >= 0.6 is 0 Å². The van der Waals surface area contributed by atoms with Crippen molar-refractivity contribution in [3.8, 4) is 11.3 Å². The SMILES string of the molecule is C[C@H](CNC(=O)c1ccc(CN2C(=O)CCn3nc(-c4ccccc4)cc32)cc1)c1ccccc1. The minimum Gasteiger partial charge on any atom is -0.351 e. The Labute approximate surface area is 205 Å². The lowest BCUT2D eigenvalue weighted by Crippen LogP contribution is -2.36. The van der Waals surface area contributed by atoms with Crippen molar-refractivity contribution in [2.24, 2.45) is 0 Å². The first-order chi connectivity index (χ1) is 17.1. The van der Waals surface area contributed by atoms with Crippen LogP contribution in [0.15, 0.2) is 91.0 Å². The Balaban J connectivity index is 1.25. The summed E-state index contributed by atoms with van der Waals surface area (Å²) in [6, 6.07) is 29.6. The number of nitrogens with zero attached hydrogens (tertiary/aromatic N) is 3. The van der Waals surface area contributed by atoms with Crippen molar-refractivity contribution in [2.45, 2.75) is 32.4 Å². The summed E-state index contributed by atoms with van der Waals surface area (Å²) in [6.07, 6.45) is 0.420. The second-order valence-electron chi connectivity index (χ2n) is 8.93. The number of amides is 2. The molecule has 2 amide bonds. The molecule has 2 heterocycles. The van der Waals surface area contributed by atoms with Gasteiger partial charge in [-0.3, -0.25) is 14.5 Å². The molecule has 5 rings (SSSR count). The predicted octanol–water partition coefficient (Wildman–Crippen LogP) is 5.02. The standard InChI is InChI=1S/C29H28N4O2/c1-21(23-8-4-2-5-9-23)19-30-29(35)25-14-12-22(13-15-25)20-32-27-18-26(24-10-6-3-7-11-24)31-33(27)17-16-28(32)34/h2-15,18,21H,16-17,19-20H2,1H3,(H,30,35)/t21-/m1/s1. The summed E-state index contributed by atoms with van der Waals surface area (Å²) in [6.45, 7) is 3.69. The fraction of sp³-hybridized carbons (Fsp3) is 0.207. The number of rotatable bonds is 7. The molecule has 1 aromatic heterocycles. The zero-order valence-electron chi connectivity index (χ0n) is 19.7. The van der Waals surface area contributed by atoms with Crippen LogP contribution in [0, 0.1) is 0 Å². The lowest BCUT2D eigenvalue weighted by molar-refractivity contribution is -0.119. The zero-order chi connectivity index (χ0) is 24.2. The van der Waals surface area contributed by atoms with Gasteiger partial charge in [-0.15, -0.1) is 0 Å². The van der Waals surface area contributed by atoms with Gasteiger partial charge in [0.1, 0.15) is 5.82 Å². The van der Waals surface area contributed by atoms with Crippen LogP contribution in [0.5, 0.6) is 0 Å². The Morgan fingerprint density at radius 3 is 2.37 bits per heavy atom. The van der Waals surface area contributed by atoms with E-state index in [0.29, 0.717) is 31.6 Å². The minimum absolute atomic E-state index is 0.0775. The van der Waals surface area contributed by atoms with Gasteiger partial charge in [-0.2, -0.15) is 5.10 Å². The summed E-state index contributed by atoms with van der Waals surface area (Å²) in [5.74, 6) is 1.01. The van der Waals surface area contributed by atoms with Crippen molar-refractivity contribution in [1.82, 2.24) is 15.1 Å². The van der Waals surface area contributed by atoms with E-state index in [-0.39, 0.29) is 17.7 Å². The van der Waals surface area contributed by atoms with Gasteiger partial charge in [-0.1, -0.05) is 79.7 Å². The summed E-state index contributed by atoms with van der Waals surface area (Å²) in [4.78, 5) is 27.2. The van der Waals surface area contributed by atoms with Gasteiger partial charge in [0.15, 0.2) is 0 Å². The van der Waals surface area contributed by atoms with E-state index in [1.165, 1.54) is 5.56 Å². The third-order valence-electron chi connectivity index (χ3n) is 6.44. The van der Waals surface area contributed by atoms with E-state index in [0.717, 1.165) is 22.6 Å². The molecule has 1 N–H and O–H groups in total. The maximum absolute atomic E-state index is 12.8. The molecule has 0 fully saturated rings. The lowest BCUT2D eigenvalue weighted by Gasteiger charge is -2.27. The molecule has 6 nitrogen and oxygen atoms in total. The van der Waals surface area contributed by atoms with Gasteiger partial charge in [0.05, 0.1) is 18.8 Å². The van der Waals surface area contributed by atoms with Crippen molar-refractivity contribution in [2.75, 3.05) is 11.4 Å². The quantitative estimate of drug-likeness (QED) is 0.418. The maximum atomic E-state index is 12.8. The predicted molar refractivity (Wildman–Crippen MR) is 137 cm³/mol. The smallest absolute Gasteiger partial charge is 0.251 e. The van der Waals surface area contributed by atoms with Crippen LogP contribution in [0.2, 0.25) is 0 Å². The number of fused-ring (bicyclic) bond motifs is 1. The molecule has 35 heavy (non-hydrogen) atoms. The lowest BCUT2D eigenvalue weighted by atomic mass is 10.0. The Morgan fingerprint density at radius 1 is 0.971 bits per heavy atom. The molecule has 1 aliphatic heterocycles. The molecule has 176 valence electrons. The Morgan fingerprint density at radius 2 is 1.66 bits per heavy atom. The molecule has 0 bridgehead atoms. The molecule has 0 radical (unpaired) electrons. The summed E-state index contributed by atoms with van der Waals surface area (Å²) >= 11 is 0. The normalized spacial score (nSPS) is 13.9. The van der Waals surface area contributed by atoms with Crippen molar-refractivity contribution >= 4 is 17.6 Å². The monoisotopic (exact) mass is 464 g/mol. The summed E-state index contributed by atoms with van der Waals surface area (Å²) in [7, 11) is 0. The van der Waals surface area contributed by atoms with Gasteiger partial charge in [0, 0.05) is 30.2 Å². The molecule has 1 atom stereocenters. The van der Waals surface area contributed by atoms with E-state index in [1.807, 2.05) is 83.5 Å². The van der Waals surface area contributed by atoms with Gasteiger partial charge in [-0.05, 0) is 29.2 Å². The first kappa shape index (κ1) is 22.6. The van der Waals surface area contributed by atoms with Crippen molar-refractivity contribution in [3.05, 3.63) is 108 Å². The minimum atomic E-state index is -0.0982. The third-order valence-corrected chi connectivity index (χ3v) is 6.44. The number of benzene rings is 3. The molecular weight excluding hydrogens is 436 g/mol. The van der Waals surface area contributed by atoms with Gasteiger partial charge < -0.3 is 5.32 Å². The average molecular weight is 465 g/mol. The Hall–Kier alpha value is -4.19. The molecule has 0 spiro atoms. The van der Waals surface area contributed by atoms with Crippen LogP contribution < -0.4 is 10.2 Å². The van der Waals surface area contributed by atoms with Gasteiger partial charge in [0.25, 0.3) is 5.91 Å². The number of carbonyl (C=O) groups excluding carboxylic acids is 2. The van der Waals surface area contributed by atoms with Crippen LogP contribution in [-0.4, -0.2) is 28.1 Å². The molecular formula is C29H28N4O2. The summed E-state index contributed by atoms with van der Waals surface area (Å²) < 4.78 is 1.90. The topological polar surface area (TPSA) is 67.2 Å². The van der Waals surface area contributed by atoms with Crippen molar-refractivity contribution in [3.63, 3.8) is 0 Å². The Kier molecular flexibility index (Phi) is 6.44. The summed E-state index contributed by atoms with van der Waals surface area (Å²) in [5, 5.41) is 7.73. The van der Waals surface area contributed by atoms with Gasteiger partial charge in [-0.25, -0.2) is 4.68 Å². The highest BCUT2D eigenvalue weighted by Gasteiger charge is 2.26. The fourth-order valence-corrected chi connectivity index (χ4v) is 4.36. The van der Waals surface area contributed by atoms with Crippen LogP contribution in [0.4, 0.5) is 5.82 Å². The van der Waals surface area contributed by atoms with Gasteiger partial charge >= 0.3 is 0 Å². The van der Waals surface area contributed by atoms with E-state index in [1.54, 1.807) is 4.90 Å². The highest BCUT2D eigenvalue weighted by atomic mass is 16.2. The number of anilines is 1. The first-order valence-electron chi connectivity index (χ1n) is 11.9. The zero-order valence-corrected chi connectivity index (χ0v) is 19.7. The molecule has 0 saturated heterocycles. The number of hydrogen-bond donors (Lipinski definition) is 1. The van der Waals surface area contributed by atoms with E-state index in [4.69, 9.17) is 5.10 Å². The first-order valence-corrected chi connectivity index (χ1v) is 11.9. The van der Waals surface area contributed by atoms with E-state index >= 15 is 0 Å². The van der Waals surface area contributed by atoms with Crippen molar-refractivity contribution < 1.29 is 9.59 Å². The molecule has 0 saturated carbocycles. The Bertz CT molecular complexity index is 1310. The van der Waals surface area contributed by atoms with E-state index in [2.05, 4.69) is 24.4 Å². The van der Waals surface area contributed by atoms with Crippen molar-refractivity contribution in [1.29, 1.82) is 0 Å². The molecule has 4 aromatic rings. The molecule has 1 aliphatic rings. The second kappa shape index (κ2) is 9.97. The third kappa shape index (κ3) is 5.01. The van der Waals surface area contributed by atoms with Crippen LogP contribution in [-0.2, 0) is 17.9 Å². The highest BCUT2D eigenvalue weighted by Crippen LogP contribution is 2.29. The van der Waals surface area contributed by atoms with Crippen LogP contribution in [0.1, 0.15) is 40.7 Å². The molecule has 6 heteroatoms. The van der Waals surface area contributed by atoms with E-state index in [9.17, 15) is 9.59 Å². The van der Waals surface area contributed by atoms with Crippen LogP contribution in [0.3, 0.4) is 0 Å². The molecule has 3 aromatic carbocycles. The number of aryl methyl sites for hydroxylation is 1.